The zero-order chi connectivity index (χ0) is 35.2. The van der Waals surface area contributed by atoms with Crippen LogP contribution in [0.4, 0.5) is 11.5 Å². The molecule has 2 saturated heterocycles. The maximum absolute atomic E-state index is 12.4. The number of furan rings is 1. The van der Waals surface area contributed by atoms with Gasteiger partial charge >= 0.3 is 0 Å². The fraction of sp³-hybridized carbons (Fsp3) is 0.625. The van der Waals surface area contributed by atoms with Crippen molar-refractivity contribution in [3.8, 4) is 18.6 Å². The monoisotopic (exact) mass is 712 g/mol. The first-order valence-electron chi connectivity index (χ1n) is 16.0. The molecule has 0 unspecified atom stereocenters. The molecule has 0 bridgehead atoms. The van der Waals surface area contributed by atoms with Crippen LogP contribution in [0.15, 0.2) is 32.5 Å². The molecular weight excluding hydrogens is 657 g/mol. The maximum Gasteiger partial charge on any atom is 0.256 e. The Balaban J connectivity index is 0.000000347. The lowest BCUT2D eigenvalue weighted by atomic mass is 10.1. The Labute approximate surface area is 291 Å². The molecule has 2 aliphatic rings. The zero-order valence-electron chi connectivity index (χ0n) is 29.2. The minimum atomic E-state index is -3.57. The first-order valence-corrected chi connectivity index (χ1v) is 19.1. The van der Waals surface area contributed by atoms with Gasteiger partial charge in [0.15, 0.2) is 15.8 Å². The molecule has 0 amide bonds. The molecule has 3 N–H and O–H groups in total. The molecular formula is C32H56N8O4S3. The van der Waals surface area contributed by atoms with Crippen LogP contribution in [0.2, 0.25) is 0 Å². The Kier molecular flexibility index (Phi) is 21.2. The predicted molar refractivity (Wildman–Crippen MR) is 197 cm³/mol. The Bertz CT molecular complexity index is 1320. The Morgan fingerprint density at radius 1 is 0.979 bits per heavy atom. The quantitative estimate of drug-likeness (QED) is 0.258. The number of piperazine rings is 2. The average Bonchev–Trinajstić information content (AvgIpc) is 3.84. The van der Waals surface area contributed by atoms with Gasteiger partial charge in [0.2, 0.25) is 0 Å². The molecule has 12 nitrogen and oxygen atoms in total. The van der Waals surface area contributed by atoms with Crippen molar-refractivity contribution in [2.75, 3.05) is 91.2 Å². The van der Waals surface area contributed by atoms with Gasteiger partial charge in [-0.3, -0.25) is 0 Å². The maximum atomic E-state index is 12.4. The van der Waals surface area contributed by atoms with Crippen LogP contribution < -0.4 is 10.6 Å². The van der Waals surface area contributed by atoms with Crippen molar-refractivity contribution in [2.45, 2.75) is 57.2 Å². The van der Waals surface area contributed by atoms with Gasteiger partial charge in [0.1, 0.15) is 5.76 Å². The number of aryl methyl sites for hydroxylation is 1. The highest BCUT2D eigenvalue weighted by molar-refractivity contribution is 7.91. The van der Waals surface area contributed by atoms with E-state index in [1.54, 1.807) is 18.6 Å². The summed E-state index contributed by atoms with van der Waals surface area (Å²) in [4.78, 5) is 6.80. The number of aromatic hydroxyl groups is 1. The van der Waals surface area contributed by atoms with Crippen LogP contribution in [0.1, 0.15) is 51.4 Å². The van der Waals surface area contributed by atoms with Crippen LogP contribution in [-0.2, 0) is 23.0 Å². The third-order valence-electron chi connectivity index (χ3n) is 7.10. The summed E-state index contributed by atoms with van der Waals surface area (Å²) in [5.74, 6) is 1.57. The SMILES string of the molecule is C#C.CCC.CCCCc1coc(CNc2cnsn2)c1.CN1CCN(C)CC1.CNc1csc(S(=O)(=O)N2CCN(C)CC2)c1O. The van der Waals surface area contributed by atoms with Gasteiger partial charge in [-0.1, -0.05) is 33.6 Å². The fourth-order valence-corrected chi connectivity index (χ4v) is 7.45. The number of rotatable bonds is 9. The molecule has 5 heterocycles. The standard InChI is InChI=1S/C11H15N3OS.C10H17N3O3S2.C6H14N2.C3H8.C2H2/c1-2-3-4-9-5-10(15-8-9)6-12-11-7-13-16-14-11;1-11-8-7-17-10(9(8)14)18(15,16)13-5-3-12(2)4-6-13;1-7-3-5-8(2)6-4-7;1-3-2;1-2/h5,7-8H,2-4,6H2,1H3,(H,12,14);7,11,14H,3-6H2,1-2H3;3-6H2,1-2H3;3H2,1-2H3;1-2H. The summed E-state index contributed by atoms with van der Waals surface area (Å²) in [5, 5.41) is 17.4. The molecule has 47 heavy (non-hydrogen) atoms. The number of nitrogens with zero attached hydrogens (tertiary/aromatic N) is 6. The minimum Gasteiger partial charge on any atom is -0.504 e. The lowest BCUT2D eigenvalue weighted by molar-refractivity contribution is 0.181. The summed E-state index contributed by atoms with van der Waals surface area (Å²) in [6.45, 7) is 14.4. The van der Waals surface area contributed by atoms with Crippen molar-refractivity contribution in [2.24, 2.45) is 0 Å². The van der Waals surface area contributed by atoms with E-state index in [0.717, 1.165) is 29.3 Å². The van der Waals surface area contributed by atoms with Gasteiger partial charge in [0.25, 0.3) is 10.0 Å². The van der Waals surface area contributed by atoms with E-state index in [1.807, 2.05) is 13.3 Å². The van der Waals surface area contributed by atoms with E-state index in [4.69, 9.17) is 4.42 Å². The van der Waals surface area contributed by atoms with E-state index >= 15 is 0 Å². The summed E-state index contributed by atoms with van der Waals surface area (Å²) in [7, 11) is 4.39. The highest BCUT2D eigenvalue weighted by Crippen LogP contribution is 2.38. The van der Waals surface area contributed by atoms with Crippen LogP contribution in [0.5, 0.6) is 5.75 Å². The first kappa shape index (κ1) is 42.3. The lowest BCUT2D eigenvalue weighted by Gasteiger charge is -2.31. The number of thiophene rings is 1. The molecule has 0 aromatic carbocycles. The number of aromatic nitrogens is 2. The summed E-state index contributed by atoms with van der Waals surface area (Å²) in [6.07, 6.45) is 16.3. The molecule has 2 fully saturated rings. The molecule has 0 aliphatic carbocycles. The second-order valence-corrected chi connectivity index (χ2v) is 14.8. The number of terminal acetylenes is 1. The lowest BCUT2D eigenvalue weighted by Crippen LogP contribution is -2.46. The van der Waals surface area contributed by atoms with Gasteiger partial charge in [-0.2, -0.15) is 13.1 Å². The number of unbranched alkanes of at least 4 members (excludes halogenated alkanes) is 1. The summed E-state index contributed by atoms with van der Waals surface area (Å²) in [6, 6.07) is 2.10. The molecule has 15 heteroatoms. The Morgan fingerprint density at radius 3 is 2.00 bits per heavy atom. The van der Waals surface area contributed by atoms with Gasteiger partial charge in [0.05, 0.1) is 36.4 Å². The van der Waals surface area contributed by atoms with Crippen LogP contribution in [0.3, 0.4) is 0 Å². The van der Waals surface area contributed by atoms with Crippen LogP contribution in [0.25, 0.3) is 0 Å². The van der Waals surface area contributed by atoms with Crippen molar-refractivity contribution in [3.63, 3.8) is 0 Å². The molecule has 5 rings (SSSR count). The smallest absolute Gasteiger partial charge is 0.256 e. The van der Waals surface area contributed by atoms with E-state index in [2.05, 4.69) is 87.9 Å². The van der Waals surface area contributed by atoms with Crippen molar-refractivity contribution < 1.29 is 17.9 Å². The predicted octanol–water partition coefficient (Wildman–Crippen LogP) is 5.05. The van der Waals surface area contributed by atoms with E-state index < -0.39 is 10.0 Å². The van der Waals surface area contributed by atoms with Gasteiger partial charge in [0, 0.05) is 64.8 Å². The van der Waals surface area contributed by atoms with Gasteiger partial charge in [-0.05, 0) is 45.6 Å². The molecule has 0 radical (unpaired) electrons. The van der Waals surface area contributed by atoms with Crippen molar-refractivity contribution in [1.82, 2.24) is 27.8 Å². The number of nitrogens with one attached hydrogen (secondary N) is 2. The van der Waals surface area contributed by atoms with Crippen molar-refractivity contribution in [3.05, 3.63) is 35.2 Å². The Morgan fingerprint density at radius 2 is 1.53 bits per heavy atom. The second kappa shape index (κ2) is 23.6. The third kappa shape index (κ3) is 15.4. The minimum absolute atomic E-state index is 0.0244. The first-order chi connectivity index (χ1) is 22.5. The van der Waals surface area contributed by atoms with E-state index in [1.165, 1.54) is 67.0 Å². The van der Waals surface area contributed by atoms with Gasteiger partial charge in [-0.15, -0.1) is 24.2 Å². The molecule has 266 valence electrons. The number of anilines is 2. The zero-order valence-corrected chi connectivity index (χ0v) is 31.7. The van der Waals surface area contributed by atoms with Gasteiger partial charge in [-0.25, -0.2) is 8.42 Å². The number of hydrogen-bond acceptors (Lipinski definition) is 13. The normalized spacial score (nSPS) is 15.8. The summed E-state index contributed by atoms with van der Waals surface area (Å²) in [5.41, 5.74) is 1.72. The topological polar surface area (TPSA) is 130 Å². The summed E-state index contributed by atoms with van der Waals surface area (Å²) >= 11 is 2.24. The third-order valence-corrected chi connectivity index (χ3v) is 11.0. The largest absolute Gasteiger partial charge is 0.504 e. The molecule has 0 atom stereocenters. The highest BCUT2D eigenvalue weighted by atomic mass is 32.2. The van der Waals surface area contributed by atoms with Crippen LogP contribution in [0, 0.1) is 12.8 Å². The number of hydrogen-bond donors (Lipinski definition) is 3. The van der Waals surface area contributed by atoms with E-state index in [-0.39, 0.29) is 9.96 Å². The molecule has 0 spiro atoms. The van der Waals surface area contributed by atoms with E-state index in [0.29, 0.717) is 38.4 Å². The van der Waals surface area contributed by atoms with Crippen LogP contribution in [-0.4, -0.2) is 122 Å². The van der Waals surface area contributed by atoms with E-state index in [9.17, 15) is 13.5 Å². The number of sulfonamides is 1. The van der Waals surface area contributed by atoms with Crippen LogP contribution >= 0.6 is 23.1 Å². The summed E-state index contributed by atoms with van der Waals surface area (Å²) < 4.78 is 39.6. The second-order valence-electron chi connectivity index (χ2n) is 11.2. The highest BCUT2D eigenvalue weighted by Gasteiger charge is 2.32. The Hall–Kier alpha value is -2.71. The molecule has 2 aliphatic heterocycles. The van der Waals surface area contributed by atoms with Crippen molar-refractivity contribution in [1.29, 1.82) is 0 Å². The molecule has 3 aromatic heterocycles. The molecule has 3 aromatic rings. The molecule has 0 saturated carbocycles. The fourth-order valence-electron chi connectivity index (χ4n) is 4.20. The van der Waals surface area contributed by atoms with Gasteiger partial charge < -0.3 is 34.9 Å². The average molecular weight is 713 g/mol. The van der Waals surface area contributed by atoms with Crippen molar-refractivity contribution >= 4 is 44.6 Å². The number of likely N-dealkylation sites (N-methyl/N-ethyl adjacent to an activating group) is 3.